The van der Waals surface area contributed by atoms with Gasteiger partial charge in [-0.1, -0.05) is 42.3 Å². The zero-order valence-electron chi connectivity index (χ0n) is 13.8. The molecule has 3 rings (SSSR count). The van der Waals surface area contributed by atoms with Crippen molar-refractivity contribution in [1.29, 1.82) is 0 Å². The summed E-state index contributed by atoms with van der Waals surface area (Å²) in [6.45, 7) is 7.44. The largest absolute Gasteiger partial charge is 0.386 e. The van der Waals surface area contributed by atoms with Crippen LogP contribution in [0, 0.1) is 12.3 Å². The van der Waals surface area contributed by atoms with Crippen molar-refractivity contribution in [3.05, 3.63) is 48.6 Å². The van der Waals surface area contributed by atoms with Gasteiger partial charge < -0.3 is 24.1 Å². The summed E-state index contributed by atoms with van der Waals surface area (Å²) in [5.74, 6) is 1.83. The Kier molecular flexibility index (Phi) is 4.52. The van der Waals surface area contributed by atoms with Crippen LogP contribution in [0.3, 0.4) is 0 Å². The molecule has 0 unspecified atom stereocenters. The molecule has 0 amide bonds. The maximum absolute atomic E-state index is 10.3. The van der Waals surface area contributed by atoms with Gasteiger partial charge in [-0.25, -0.2) is 0 Å². The number of fused-ring (bicyclic) bond motifs is 1. The molecule has 0 aromatic heterocycles. The third-order valence-corrected chi connectivity index (χ3v) is 4.28. The molecule has 5 heteroatoms. The van der Waals surface area contributed by atoms with E-state index in [9.17, 15) is 5.11 Å². The predicted octanol–water partition coefficient (Wildman–Crippen LogP) is 2.00. The summed E-state index contributed by atoms with van der Waals surface area (Å²) in [6, 6.07) is 9.64. The Morgan fingerprint density at radius 2 is 2.08 bits per heavy atom. The molecule has 0 spiro atoms. The number of benzene rings is 1. The summed E-state index contributed by atoms with van der Waals surface area (Å²) in [5, 5.41) is 10.3. The van der Waals surface area contributed by atoms with Crippen LogP contribution in [0.25, 0.3) is 0 Å². The van der Waals surface area contributed by atoms with E-state index in [0.29, 0.717) is 0 Å². The van der Waals surface area contributed by atoms with Crippen molar-refractivity contribution >= 4 is 0 Å². The third kappa shape index (κ3) is 2.88. The Balaban J connectivity index is 1.90. The Morgan fingerprint density at radius 1 is 1.38 bits per heavy atom. The van der Waals surface area contributed by atoms with E-state index in [1.165, 1.54) is 6.08 Å². The highest BCUT2D eigenvalue weighted by Crippen LogP contribution is 2.46. The van der Waals surface area contributed by atoms with E-state index in [2.05, 4.69) is 12.5 Å². The van der Waals surface area contributed by atoms with E-state index in [0.717, 1.165) is 5.56 Å². The Hall–Kier alpha value is -1.68. The smallest absolute Gasteiger partial charge is 0.191 e. The van der Waals surface area contributed by atoms with Crippen molar-refractivity contribution in [2.75, 3.05) is 0 Å². The maximum Gasteiger partial charge on any atom is 0.191 e. The van der Waals surface area contributed by atoms with E-state index in [4.69, 9.17) is 25.4 Å². The van der Waals surface area contributed by atoms with Crippen LogP contribution in [0.15, 0.2) is 43.0 Å². The molecule has 1 aromatic carbocycles. The average Bonchev–Trinajstić information content (AvgIpc) is 3.04. The van der Waals surface area contributed by atoms with Gasteiger partial charge in [-0.3, -0.25) is 0 Å². The molecule has 24 heavy (non-hydrogen) atoms. The quantitative estimate of drug-likeness (QED) is 0.661. The molecule has 5 atom stereocenters. The summed E-state index contributed by atoms with van der Waals surface area (Å²) >= 11 is 0. The average molecular weight is 330 g/mol. The van der Waals surface area contributed by atoms with Crippen molar-refractivity contribution in [2.45, 2.75) is 56.4 Å². The lowest BCUT2D eigenvalue weighted by Gasteiger charge is -2.35. The molecule has 2 aliphatic rings. The molecule has 0 bridgehead atoms. The lowest BCUT2D eigenvalue weighted by molar-refractivity contribution is -0.238. The zero-order chi connectivity index (χ0) is 17.4. The molecular weight excluding hydrogens is 308 g/mol. The van der Waals surface area contributed by atoms with Crippen molar-refractivity contribution in [2.24, 2.45) is 0 Å². The summed E-state index contributed by atoms with van der Waals surface area (Å²) in [6.07, 6.45) is 4.03. The molecule has 1 N–H and O–H groups in total. The predicted molar refractivity (Wildman–Crippen MR) is 87.7 cm³/mol. The first-order valence-electron chi connectivity index (χ1n) is 7.89. The van der Waals surface area contributed by atoms with Crippen LogP contribution < -0.4 is 0 Å². The van der Waals surface area contributed by atoms with Gasteiger partial charge in [-0.15, -0.1) is 13.0 Å². The maximum atomic E-state index is 10.3. The first-order valence-corrected chi connectivity index (χ1v) is 7.89. The fourth-order valence-electron chi connectivity index (χ4n) is 3.13. The molecule has 5 nitrogen and oxygen atoms in total. The number of terminal acetylenes is 1. The Bertz CT molecular complexity index is 635. The van der Waals surface area contributed by atoms with Crippen LogP contribution >= 0.6 is 0 Å². The van der Waals surface area contributed by atoms with Crippen molar-refractivity contribution in [3.63, 3.8) is 0 Å². The monoisotopic (exact) mass is 330 g/mol. The molecule has 0 radical (unpaired) electrons. The van der Waals surface area contributed by atoms with E-state index in [1.54, 1.807) is 13.8 Å². The highest BCUT2D eigenvalue weighted by molar-refractivity contribution is 5.25. The fourth-order valence-corrected chi connectivity index (χ4v) is 3.13. The summed E-state index contributed by atoms with van der Waals surface area (Å²) in [5.41, 5.74) is -0.317. The second kappa shape index (κ2) is 6.32. The van der Waals surface area contributed by atoms with Crippen molar-refractivity contribution in [1.82, 2.24) is 0 Å². The molecule has 0 saturated carbocycles. The minimum Gasteiger partial charge on any atom is -0.386 e. The normalized spacial score (nSPS) is 35.2. The summed E-state index contributed by atoms with van der Waals surface area (Å²) in [7, 11) is 0. The van der Waals surface area contributed by atoms with E-state index >= 15 is 0 Å². The lowest BCUT2D eigenvalue weighted by atomic mass is 9.89. The summed E-state index contributed by atoms with van der Waals surface area (Å²) < 4.78 is 23.6. The topological polar surface area (TPSA) is 57.2 Å². The highest BCUT2D eigenvalue weighted by atomic mass is 16.8. The van der Waals surface area contributed by atoms with Crippen LogP contribution in [0.1, 0.15) is 19.4 Å². The SMILES string of the molecule is C#C[C@@]1(OCc2ccccc2)[C@@H]([C@H](O)C=C)O[C@@H]2OC(C)(C)O[C@@H]21. The van der Waals surface area contributed by atoms with Crippen LogP contribution in [-0.4, -0.2) is 41.1 Å². The molecule has 0 aliphatic carbocycles. The zero-order valence-corrected chi connectivity index (χ0v) is 13.8. The van der Waals surface area contributed by atoms with Gasteiger partial charge in [-0.05, 0) is 19.4 Å². The van der Waals surface area contributed by atoms with Gasteiger partial charge in [0, 0.05) is 0 Å². The molecule has 2 heterocycles. The lowest BCUT2D eigenvalue weighted by Crippen LogP contribution is -2.53. The second-order valence-corrected chi connectivity index (χ2v) is 6.42. The first-order chi connectivity index (χ1) is 11.4. The van der Waals surface area contributed by atoms with Crippen LogP contribution in [0.2, 0.25) is 0 Å². The second-order valence-electron chi connectivity index (χ2n) is 6.42. The molecule has 1 aromatic rings. The number of aliphatic hydroxyl groups is 1. The standard InChI is InChI=1S/C19H22O5/c1-5-14(20)15-19(6-2,21-12-13-10-8-7-9-11-13)16-17(22-15)24-18(3,4)23-16/h2,5,7-11,14-17,20H,1,12H2,3-4H3/t14-,15-,16+,17-,19-/m1/s1. The van der Waals surface area contributed by atoms with Gasteiger partial charge in [0.05, 0.1) is 6.61 Å². The van der Waals surface area contributed by atoms with Crippen molar-refractivity contribution in [3.8, 4) is 12.3 Å². The van der Waals surface area contributed by atoms with E-state index < -0.39 is 36.0 Å². The number of hydrogen-bond donors (Lipinski definition) is 1. The van der Waals surface area contributed by atoms with Gasteiger partial charge in [0.15, 0.2) is 23.8 Å². The van der Waals surface area contributed by atoms with E-state index in [-0.39, 0.29) is 6.61 Å². The fraction of sp³-hybridized carbons (Fsp3) is 0.474. The molecule has 2 aliphatic heterocycles. The van der Waals surface area contributed by atoms with Crippen LogP contribution in [-0.2, 0) is 25.6 Å². The number of ether oxygens (including phenoxy) is 4. The first kappa shape index (κ1) is 17.2. The van der Waals surface area contributed by atoms with Gasteiger partial charge >= 0.3 is 0 Å². The number of hydrogen-bond acceptors (Lipinski definition) is 5. The minimum absolute atomic E-state index is 0.266. The van der Waals surface area contributed by atoms with Gasteiger partial charge in [0.25, 0.3) is 0 Å². The Labute approximate surface area is 142 Å². The molecule has 128 valence electrons. The highest BCUT2D eigenvalue weighted by Gasteiger charge is 2.65. The van der Waals surface area contributed by atoms with Gasteiger partial charge in [0.1, 0.15) is 12.2 Å². The number of rotatable bonds is 5. The number of aliphatic hydroxyl groups excluding tert-OH is 1. The molecular formula is C19H22O5. The van der Waals surface area contributed by atoms with Crippen LogP contribution in [0.4, 0.5) is 0 Å². The van der Waals surface area contributed by atoms with E-state index in [1.807, 2.05) is 30.3 Å². The molecule has 2 fully saturated rings. The third-order valence-electron chi connectivity index (χ3n) is 4.28. The van der Waals surface area contributed by atoms with Gasteiger partial charge in [0.2, 0.25) is 0 Å². The summed E-state index contributed by atoms with van der Waals surface area (Å²) in [4.78, 5) is 0. The Morgan fingerprint density at radius 3 is 2.71 bits per heavy atom. The van der Waals surface area contributed by atoms with Crippen molar-refractivity contribution < 1.29 is 24.1 Å². The van der Waals surface area contributed by atoms with Gasteiger partial charge in [-0.2, -0.15) is 0 Å². The van der Waals surface area contributed by atoms with Crippen LogP contribution in [0.5, 0.6) is 0 Å². The molecule has 2 saturated heterocycles. The minimum atomic E-state index is -1.28.